The summed E-state index contributed by atoms with van der Waals surface area (Å²) in [5.74, 6) is -0.822. The summed E-state index contributed by atoms with van der Waals surface area (Å²) in [4.78, 5) is 37.3. The Morgan fingerprint density at radius 3 is 2.29 bits per heavy atom. The highest BCUT2D eigenvalue weighted by atomic mass is 79.9. The van der Waals surface area contributed by atoms with Crippen LogP contribution >= 0.6 is 15.9 Å². The molecule has 0 saturated carbocycles. The number of aryl methyl sites for hydroxylation is 1. The molecule has 0 saturated heterocycles. The maximum atomic E-state index is 12.5. The van der Waals surface area contributed by atoms with E-state index in [4.69, 9.17) is 0 Å². The molecule has 0 atom stereocenters. The molecule has 0 bridgehead atoms. The van der Waals surface area contributed by atoms with E-state index in [0.29, 0.717) is 40.3 Å². The number of hydrogen-bond donors (Lipinski definition) is 1. The van der Waals surface area contributed by atoms with Gasteiger partial charge >= 0.3 is 0 Å². The molecule has 0 aliphatic carbocycles. The third kappa shape index (κ3) is 2.80. The van der Waals surface area contributed by atoms with Crippen molar-refractivity contribution in [1.29, 1.82) is 0 Å². The van der Waals surface area contributed by atoms with Crippen LogP contribution in [0.15, 0.2) is 47.6 Å². The number of hydrogen-bond acceptors (Lipinski definition) is 5. The SMILES string of the molecule is O=Nc1c(O)n(CCCN2C(=O)c3ccccc3C2=O)c2cc(CBr)ccc12. The number of nitroso groups, excluding NO2 is 1. The number of carbonyl (C=O) groups excluding carboxylic acids is 2. The molecule has 1 aromatic heterocycles. The number of carbonyl (C=O) groups is 2. The molecule has 4 rings (SSSR count). The van der Waals surface area contributed by atoms with Gasteiger partial charge in [-0.25, -0.2) is 0 Å². The van der Waals surface area contributed by atoms with Gasteiger partial charge in [0.05, 0.1) is 16.6 Å². The summed E-state index contributed by atoms with van der Waals surface area (Å²) in [7, 11) is 0. The first-order valence-corrected chi connectivity index (χ1v) is 9.87. The number of aromatic hydroxyl groups is 1. The van der Waals surface area contributed by atoms with Gasteiger partial charge in [-0.05, 0) is 35.4 Å². The van der Waals surface area contributed by atoms with Crippen LogP contribution in [0, 0.1) is 4.91 Å². The van der Waals surface area contributed by atoms with E-state index >= 15 is 0 Å². The number of nitrogens with zero attached hydrogens (tertiary/aromatic N) is 3. The minimum absolute atomic E-state index is 0.00291. The van der Waals surface area contributed by atoms with E-state index in [0.717, 1.165) is 5.56 Å². The van der Waals surface area contributed by atoms with Crippen LogP contribution in [0.2, 0.25) is 0 Å². The first-order valence-electron chi connectivity index (χ1n) is 8.75. The number of alkyl halides is 1. The lowest BCUT2D eigenvalue weighted by Crippen LogP contribution is -2.31. The predicted molar refractivity (Wildman–Crippen MR) is 108 cm³/mol. The third-order valence-corrected chi connectivity index (χ3v) is 5.61. The van der Waals surface area contributed by atoms with Crippen molar-refractivity contribution in [3.63, 3.8) is 0 Å². The van der Waals surface area contributed by atoms with Gasteiger partial charge in [0, 0.05) is 23.8 Å². The first-order chi connectivity index (χ1) is 13.6. The molecule has 3 aromatic rings. The van der Waals surface area contributed by atoms with Crippen LogP contribution in [-0.2, 0) is 11.9 Å². The van der Waals surface area contributed by atoms with Crippen LogP contribution in [0.25, 0.3) is 10.9 Å². The Balaban J connectivity index is 1.57. The fourth-order valence-corrected chi connectivity index (χ4v) is 3.94. The van der Waals surface area contributed by atoms with Crippen molar-refractivity contribution in [2.45, 2.75) is 18.3 Å². The number of amides is 2. The summed E-state index contributed by atoms with van der Waals surface area (Å²) < 4.78 is 1.59. The zero-order valence-electron chi connectivity index (χ0n) is 14.8. The Morgan fingerprint density at radius 1 is 1.00 bits per heavy atom. The molecule has 0 fully saturated rings. The molecule has 0 radical (unpaired) electrons. The van der Waals surface area contributed by atoms with Gasteiger partial charge in [-0.15, -0.1) is 4.91 Å². The van der Waals surface area contributed by atoms with E-state index in [2.05, 4.69) is 21.1 Å². The van der Waals surface area contributed by atoms with E-state index in [1.165, 1.54) is 4.90 Å². The van der Waals surface area contributed by atoms with Crippen molar-refractivity contribution in [3.05, 3.63) is 64.1 Å². The zero-order chi connectivity index (χ0) is 19.8. The Morgan fingerprint density at radius 2 is 1.68 bits per heavy atom. The summed E-state index contributed by atoms with van der Waals surface area (Å²) in [5, 5.41) is 14.6. The molecule has 28 heavy (non-hydrogen) atoms. The molecular formula is C20H16BrN3O4. The van der Waals surface area contributed by atoms with Crippen LogP contribution < -0.4 is 0 Å². The molecule has 2 aromatic carbocycles. The van der Waals surface area contributed by atoms with Crippen LogP contribution in [0.4, 0.5) is 5.69 Å². The van der Waals surface area contributed by atoms with E-state index in [1.54, 1.807) is 34.9 Å². The molecule has 7 nitrogen and oxygen atoms in total. The summed E-state index contributed by atoms with van der Waals surface area (Å²) in [5.41, 5.74) is 2.50. The van der Waals surface area contributed by atoms with Crippen LogP contribution in [0.1, 0.15) is 32.7 Å². The van der Waals surface area contributed by atoms with Crippen molar-refractivity contribution >= 4 is 44.3 Å². The average Bonchev–Trinajstić information content (AvgIpc) is 3.13. The van der Waals surface area contributed by atoms with Crippen molar-refractivity contribution in [3.8, 4) is 5.88 Å². The number of rotatable bonds is 6. The van der Waals surface area contributed by atoms with Gasteiger partial charge < -0.3 is 9.67 Å². The van der Waals surface area contributed by atoms with Gasteiger partial charge in [-0.2, -0.15) is 0 Å². The van der Waals surface area contributed by atoms with Crippen molar-refractivity contribution in [2.75, 3.05) is 6.54 Å². The highest BCUT2D eigenvalue weighted by Gasteiger charge is 2.34. The van der Waals surface area contributed by atoms with E-state index < -0.39 is 0 Å². The molecule has 0 unspecified atom stereocenters. The van der Waals surface area contributed by atoms with Gasteiger partial charge in [-0.1, -0.05) is 40.2 Å². The molecular weight excluding hydrogens is 426 g/mol. The first kappa shape index (κ1) is 18.4. The van der Waals surface area contributed by atoms with E-state index in [-0.39, 0.29) is 29.9 Å². The number of benzene rings is 2. The second-order valence-corrected chi connectivity index (χ2v) is 7.12. The molecule has 1 N–H and O–H groups in total. The molecule has 8 heteroatoms. The summed E-state index contributed by atoms with van der Waals surface area (Å²) >= 11 is 3.40. The minimum Gasteiger partial charge on any atom is -0.493 e. The minimum atomic E-state index is -0.306. The summed E-state index contributed by atoms with van der Waals surface area (Å²) in [6, 6.07) is 12.2. The topological polar surface area (TPSA) is 92.0 Å². The average molecular weight is 442 g/mol. The number of halogens is 1. The fraction of sp³-hybridized carbons (Fsp3) is 0.200. The fourth-order valence-electron chi connectivity index (χ4n) is 3.59. The van der Waals surface area contributed by atoms with Crippen molar-refractivity contribution < 1.29 is 14.7 Å². The third-order valence-electron chi connectivity index (χ3n) is 4.96. The maximum absolute atomic E-state index is 12.5. The Hall–Kier alpha value is -3.00. The molecule has 142 valence electrons. The normalized spacial score (nSPS) is 13.4. The zero-order valence-corrected chi connectivity index (χ0v) is 16.3. The summed E-state index contributed by atoms with van der Waals surface area (Å²) in [6.07, 6.45) is 0.430. The maximum Gasteiger partial charge on any atom is 0.261 e. The van der Waals surface area contributed by atoms with E-state index in [1.807, 2.05) is 12.1 Å². The molecule has 2 heterocycles. The number of imide groups is 1. The van der Waals surface area contributed by atoms with Gasteiger partial charge in [0.25, 0.3) is 11.8 Å². The standard InChI is InChI=1S/C20H16BrN3O4/c21-11-12-6-7-15-16(10-12)23(20(27)17(15)22-28)8-3-9-24-18(25)13-4-1-2-5-14(13)19(24)26/h1-2,4-7,10,27H,3,8-9,11H2. The Kier molecular flexibility index (Phi) is 4.72. The number of aromatic nitrogens is 1. The van der Waals surface area contributed by atoms with Gasteiger partial charge in [0.1, 0.15) is 0 Å². The smallest absolute Gasteiger partial charge is 0.261 e. The van der Waals surface area contributed by atoms with Crippen LogP contribution in [0.3, 0.4) is 0 Å². The highest BCUT2D eigenvalue weighted by molar-refractivity contribution is 9.08. The van der Waals surface area contributed by atoms with Gasteiger partial charge in [0.2, 0.25) is 5.88 Å². The van der Waals surface area contributed by atoms with Crippen molar-refractivity contribution in [2.24, 2.45) is 5.18 Å². The lowest BCUT2D eigenvalue weighted by Gasteiger charge is -2.14. The van der Waals surface area contributed by atoms with Crippen molar-refractivity contribution in [1.82, 2.24) is 9.47 Å². The second kappa shape index (κ2) is 7.20. The Labute approximate surface area is 168 Å². The molecule has 1 aliphatic heterocycles. The lowest BCUT2D eigenvalue weighted by molar-refractivity contribution is 0.0651. The molecule has 0 spiro atoms. The van der Waals surface area contributed by atoms with Crippen LogP contribution in [-0.4, -0.2) is 32.9 Å². The second-order valence-electron chi connectivity index (χ2n) is 6.56. The Bertz CT molecular complexity index is 1090. The largest absolute Gasteiger partial charge is 0.493 e. The van der Waals surface area contributed by atoms with Gasteiger partial charge in [0.15, 0.2) is 5.69 Å². The predicted octanol–water partition coefficient (Wildman–Crippen LogP) is 4.33. The monoisotopic (exact) mass is 441 g/mol. The number of fused-ring (bicyclic) bond motifs is 2. The molecule has 1 aliphatic rings. The lowest BCUT2D eigenvalue weighted by atomic mass is 10.1. The molecule has 2 amide bonds. The van der Waals surface area contributed by atoms with Crippen LogP contribution in [0.5, 0.6) is 5.88 Å². The van der Waals surface area contributed by atoms with Gasteiger partial charge in [-0.3, -0.25) is 14.5 Å². The summed E-state index contributed by atoms with van der Waals surface area (Å²) in [6.45, 7) is 0.546. The highest BCUT2D eigenvalue weighted by Crippen LogP contribution is 2.39. The quantitative estimate of drug-likeness (QED) is 0.350. The van der Waals surface area contributed by atoms with E-state index in [9.17, 15) is 19.6 Å².